The average Bonchev–Trinajstić information content (AvgIpc) is 2.69. The quantitative estimate of drug-likeness (QED) is 0.672. The minimum Gasteiger partial charge on any atom is -0.504 e. The van der Waals surface area contributed by atoms with Crippen molar-refractivity contribution in [3.05, 3.63) is 89.5 Å². The number of para-hydroxylation sites is 1. The smallest absolute Gasteiger partial charge is 0.157 e. The molecule has 1 aliphatic heterocycles. The second kappa shape index (κ2) is 7.72. The lowest BCUT2D eigenvalue weighted by atomic mass is 9.93. The van der Waals surface area contributed by atoms with Crippen LogP contribution in [0, 0.1) is 0 Å². The number of phenols is 2. The van der Waals surface area contributed by atoms with Crippen molar-refractivity contribution in [2.45, 2.75) is 25.6 Å². The Labute approximate surface area is 159 Å². The highest BCUT2D eigenvalue weighted by Gasteiger charge is 2.28. The molecule has 27 heavy (non-hydrogen) atoms. The molecule has 0 bridgehead atoms. The Morgan fingerprint density at radius 2 is 1.48 bits per heavy atom. The van der Waals surface area contributed by atoms with Gasteiger partial charge in [-0.1, -0.05) is 48.5 Å². The molecule has 0 spiro atoms. The van der Waals surface area contributed by atoms with Crippen LogP contribution in [0.1, 0.15) is 16.7 Å². The van der Waals surface area contributed by atoms with E-state index in [9.17, 15) is 10.2 Å². The van der Waals surface area contributed by atoms with Gasteiger partial charge in [0, 0.05) is 19.1 Å². The molecular formula is C23H23NO3. The largest absolute Gasteiger partial charge is 0.504 e. The van der Waals surface area contributed by atoms with Crippen LogP contribution < -0.4 is 4.74 Å². The van der Waals surface area contributed by atoms with Crippen molar-refractivity contribution >= 4 is 0 Å². The van der Waals surface area contributed by atoms with Crippen LogP contribution in [-0.4, -0.2) is 27.8 Å². The molecule has 4 nitrogen and oxygen atoms in total. The van der Waals surface area contributed by atoms with Gasteiger partial charge in [-0.3, -0.25) is 4.90 Å². The summed E-state index contributed by atoms with van der Waals surface area (Å²) in [5.74, 6) is 0.733. The van der Waals surface area contributed by atoms with E-state index in [1.165, 1.54) is 5.56 Å². The summed E-state index contributed by atoms with van der Waals surface area (Å²) in [6, 6.07) is 23.7. The zero-order valence-electron chi connectivity index (χ0n) is 15.1. The van der Waals surface area contributed by atoms with Crippen LogP contribution in [0.3, 0.4) is 0 Å². The third-order valence-corrected chi connectivity index (χ3v) is 5.06. The van der Waals surface area contributed by atoms with Crippen molar-refractivity contribution in [3.63, 3.8) is 0 Å². The fourth-order valence-electron chi connectivity index (χ4n) is 3.61. The maximum absolute atomic E-state index is 9.88. The van der Waals surface area contributed by atoms with Crippen molar-refractivity contribution in [2.24, 2.45) is 0 Å². The molecule has 2 N–H and O–H groups in total. The Kier molecular flexibility index (Phi) is 4.99. The van der Waals surface area contributed by atoms with Crippen molar-refractivity contribution in [1.82, 2.24) is 4.90 Å². The number of aromatic hydroxyl groups is 2. The molecule has 1 unspecified atom stereocenters. The average molecular weight is 361 g/mol. The van der Waals surface area contributed by atoms with Crippen molar-refractivity contribution < 1.29 is 14.9 Å². The Morgan fingerprint density at radius 3 is 2.19 bits per heavy atom. The number of hydrogen-bond donors (Lipinski definition) is 2. The Balaban J connectivity index is 1.57. The molecule has 1 atom stereocenters. The number of rotatable bonds is 5. The van der Waals surface area contributed by atoms with Gasteiger partial charge < -0.3 is 14.9 Å². The molecule has 0 saturated heterocycles. The van der Waals surface area contributed by atoms with E-state index in [0.717, 1.165) is 29.8 Å². The number of nitrogens with zero attached hydrogens (tertiary/aromatic N) is 1. The van der Waals surface area contributed by atoms with Crippen LogP contribution in [0.2, 0.25) is 0 Å². The third-order valence-electron chi connectivity index (χ3n) is 5.06. The van der Waals surface area contributed by atoms with E-state index in [2.05, 4.69) is 17.0 Å². The first-order valence-corrected chi connectivity index (χ1v) is 9.18. The van der Waals surface area contributed by atoms with Gasteiger partial charge in [-0.15, -0.1) is 0 Å². The normalized spacial score (nSPS) is 16.7. The molecule has 0 aromatic heterocycles. The van der Waals surface area contributed by atoms with Gasteiger partial charge in [-0.2, -0.15) is 0 Å². The first kappa shape index (κ1) is 17.4. The van der Waals surface area contributed by atoms with Gasteiger partial charge in [-0.05, 0) is 47.4 Å². The Hall–Kier alpha value is -2.98. The minimum absolute atomic E-state index is 0.0620. The maximum Gasteiger partial charge on any atom is 0.157 e. The molecule has 3 aromatic carbocycles. The van der Waals surface area contributed by atoms with Crippen molar-refractivity contribution in [1.29, 1.82) is 0 Å². The lowest BCUT2D eigenvalue weighted by Crippen LogP contribution is -2.43. The summed E-state index contributed by atoms with van der Waals surface area (Å²) in [5.41, 5.74) is 3.36. The first-order valence-electron chi connectivity index (χ1n) is 9.18. The van der Waals surface area contributed by atoms with Gasteiger partial charge in [0.25, 0.3) is 0 Å². The summed E-state index contributed by atoms with van der Waals surface area (Å²) in [4.78, 5) is 2.37. The summed E-state index contributed by atoms with van der Waals surface area (Å²) in [7, 11) is 0. The monoisotopic (exact) mass is 361 g/mol. The van der Waals surface area contributed by atoms with E-state index in [4.69, 9.17) is 4.74 Å². The van der Waals surface area contributed by atoms with Gasteiger partial charge in [0.1, 0.15) is 12.4 Å². The van der Waals surface area contributed by atoms with E-state index < -0.39 is 0 Å². The molecule has 138 valence electrons. The molecule has 0 fully saturated rings. The van der Waals surface area contributed by atoms with E-state index in [1.807, 2.05) is 48.5 Å². The van der Waals surface area contributed by atoms with Crippen LogP contribution in [0.4, 0.5) is 0 Å². The standard InChI is InChI=1S/C23H23NO3/c25-22-12-18-11-20(16-27-21-9-5-2-6-10-21)24(15-19(18)13-23(22)26)14-17-7-3-1-4-8-17/h1-10,12-13,20,25-26H,11,14-16H2. The van der Waals surface area contributed by atoms with E-state index in [-0.39, 0.29) is 17.5 Å². The predicted octanol–water partition coefficient (Wildman–Crippen LogP) is 4.10. The second-order valence-electron chi connectivity index (χ2n) is 6.98. The van der Waals surface area contributed by atoms with Gasteiger partial charge in [0.2, 0.25) is 0 Å². The number of benzene rings is 3. The van der Waals surface area contributed by atoms with Crippen molar-refractivity contribution in [2.75, 3.05) is 6.61 Å². The third kappa shape index (κ3) is 4.07. The Morgan fingerprint density at radius 1 is 0.852 bits per heavy atom. The summed E-state index contributed by atoms with van der Waals surface area (Å²) >= 11 is 0. The maximum atomic E-state index is 9.88. The molecular weight excluding hydrogens is 338 g/mol. The molecule has 0 amide bonds. The number of hydrogen-bond acceptors (Lipinski definition) is 4. The number of ether oxygens (including phenoxy) is 1. The summed E-state index contributed by atoms with van der Waals surface area (Å²) in [6.45, 7) is 2.09. The molecule has 4 rings (SSSR count). The van der Waals surface area contributed by atoms with Crippen LogP contribution in [0.15, 0.2) is 72.8 Å². The van der Waals surface area contributed by atoms with Gasteiger partial charge in [0.05, 0.1) is 0 Å². The lowest BCUT2D eigenvalue weighted by Gasteiger charge is -2.37. The molecule has 3 aromatic rings. The zero-order chi connectivity index (χ0) is 18.6. The molecule has 1 heterocycles. The summed E-state index contributed by atoms with van der Waals surface area (Å²) in [6.07, 6.45) is 0.767. The highest BCUT2D eigenvalue weighted by Crippen LogP contribution is 2.34. The topological polar surface area (TPSA) is 52.9 Å². The first-order chi connectivity index (χ1) is 13.2. The highest BCUT2D eigenvalue weighted by atomic mass is 16.5. The van der Waals surface area contributed by atoms with Gasteiger partial charge in [-0.25, -0.2) is 0 Å². The Bertz CT molecular complexity index is 896. The SMILES string of the molecule is Oc1cc2c(cc1O)CN(Cc1ccccc1)C(COc1ccccc1)C2. The van der Waals surface area contributed by atoms with Gasteiger partial charge >= 0.3 is 0 Å². The zero-order valence-corrected chi connectivity index (χ0v) is 15.1. The van der Waals surface area contributed by atoms with Crippen molar-refractivity contribution in [3.8, 4) is 17.2 Å². The highest BCUT2D eigenvalue weighted by molar-refractivity contribution is 5.46. The molecule has 0 radical (unpaired) electrons. The van der Waals surface area contributed by atoms with Crippen LogP contribution in [-0.2, 0) is 19.5 Å². The predicted molar refractivity (Wildman–Crippen MR) is 105 cm³/mol. The fourth-order valence-corrected chi connectivity index (χ4v) is 3.61. The van der Waals surface area contributed by atoms with Crippen LogP contribution in [0.5, 0.6) is 17.2 Å². The van der Waals surface area contributed by atoms with Crippen LogP contribution in [0.25, 0.3) is 0 Å². The second-order valence-corrected chi connectivity index (χ2v) is 6.98. The van der Waals surface area contributed by atoms with Crippen LogP contribution >= 0.6 is 0 Å². The number of fused-ring (bicyclic) bond motifs is 1. The summed E-state index contributed by atoms with van der Waals surface area (Å²) < 4.78 is 6.03. The molecule has 0 saturated carbocycles. The van der Waals surface area contributed by atoms with E-state index in [1.54, 1.807) is 12.1 Å². The fraction of sp³-hybridized carbons (Fsp3) is 0.217. The number of phenolic OH excluding ortho intramolecular Hbond substituents is 2. The lowest BCUT2D eigenvalue weighted by molar-refractivity contribution is 0.109. The minimum atomic E-state index is -0.0626. The molecule has 0 aliphatic carbocycles. The summed E-state index contributed by atoms with van der Waals surface area (Å²) in [5, 5.41) is 19.8. The molecule has 1 aliphatic rings. The van der Waals surface area contributed by atoms with E-state index in [0.29, 0.717) is 13.2 Å². The van der Waals surface area contributed by atoms with E-state index >= 15 is 0 Å². The van der Waals surface area contributed by atoms with Gasteiger partial charge in [0.15, 0.2) is 11.5 Å². The molecule has 4 heteroatoms.